The number of hydrogen-bond donors (Lipinski definition) is 2. The molecule has 2 aromatic carbocycles. The van der Waals surface area contributed by atoms with Crippen molar-refractivity contribution in [2.45, 2.75) is 40.6 Å². The van der Waals surface area contributed by atoms with Crippen LogP contribution in [-0.4, -0.2) is 30.7 Å². The van der Waals surface area contributed by atoms with E-state index in [4.69, 9.17) is 0 Å². The van der Waals surface area contributed by atoms with Crippen LogP contribution >= 0.6 is 11.8 Å². The minimum Gasteiger partial charge on any atom is -0.326 e. The second-order valence-electron chi connectivity index (χ2n) is 6.53. The number of fused-ring (bicyclic) bond motifs is 1. The zero-order valence-corrected chi connectivity index (χ0v) is 16.9. The van der Waals surface area contributed by atoms with E-state index in [-0.39, 0.29) is 28.2 Å². The topological polar surface area (TPSA) is 92.3 Å². The lowest BCUT2D eigenvalue weighted by atomic mass is 10.2. The third-order valence-electron chi connectivity index (χ3n) is 4.32. The molecule has 0 unspecified atom stereocenters. The highest BCUT2D eigenvalue weighted by Gasteiger charge is 2.29. The summed E-state index contributed by atoms with van der Waals surface area (Å²) in [5, 5.41) is 3.95. The average molecular weight is 423 g/mol. The minimum absolute atomic E-state index is 0.0350. The van der Waals surface area contributed by atoms with Gasteiger partial charge >= 0.3 is 0 Å². The van der Waals surface area contributed by atoms with E-state index in [2.05, 4.69) is 10.6 Å². The number of sulfone groups is 1. The molecule has 0 fully saturated rings. The van der Waals surface area contributed by atoms with Crippen LogP contribution in [0.2, 0.25) is 0 Å². The van der Waals surface area contributed by atoms with E-state index in [0.29, 0.717) is 5.69 Å². The Hall–Kier alpha value is -2.39. The van der Waals surface area contributed by atoms with Crippen LogP contribution in [0.1, 0.15) is 20.3 Å². The molecule has 2 aromatic rings. The Balaban J connectivity index is 1.74. The second-order valence-corrected chi connectivity index (χ2v) is 10.3. The fraction of sp³-hybridized carbons (Fsp3) is 0.263. The number of amides is 2. The van der Waals surface area contributed by atoms with Gasteiger partial charge in [-0.3, -0.25) is 9.59 Å². The summed E-state index contributed by atoms with van der Waals surface area (Å²) in [5.41, 5.74) is 0.711. The number of benzene rings is 2. The first-order valence-corrected chi connectivity index (χ1v) is 11.0. The first kappa shape index (κ1) is 20.3. The largest absolute Gasteiger partial charge is 0.326 e. The Kier molecular flexibility index (Phi) is 5.76. The molecule has 0 bridgehead atoms. The molecule has 0 aromatic heterocycles. The Morgan fingerprint density at radius 3 is 2.75 bits per heavy atom. The summed E-state index contributed by atoms with van der Waals surface area (Å²) in [6.07, 6.45) is -0.284. The van der Waals surface area contributed by atoms with Gasteiger partial charge in [-0.1, -0.05) is 6.07 Å². The monoisotopic (exact) mass is 422 g/mol. The summed E-state index contributed by atoms with van der Waals surface area (Å²) in [6.45, 7) is 3.21. The quantitative estimate of drug-likeness (QED) is 0.770. The highest BCUT2D eigenvalue weighted by Crippen LogP contribution is 2.37. The van der Waals surface area contributed by atoms with Crippen LogP contribution in [0.4, 0.5) is 15.8 Å². The van der Waals surface area contributed by atoms with Gasteiger partial charge in [0.25, 0.3) is 0 Å². The van der Waals surface area contributed by atoms with Crippen molar-refractivity contribution in [1.82, 2.24) is 0 Å². The smallest absolute Gasteiger partial charge is 0.237 e. The molecule has 3 rings (SSSR count). The SMILES string of the molecule is C[C@@H]1Sc2ccc(S(=O)(=O)[C@@H](C)CC(=O)Nc3cccc(F)c3)cc2NC1=O. The molecule has 0 saturated carbocycles. The number of carbonyl (C=O) groups is 2. The fourth-order valence-electron chi connectivity index (χ4n) is 2.75. The number of thioether (sulfide) groups is 1. The maximum Gasteiger partial charge on any atom is 0.237 e. The molecular weight excluding hydrogens is 403 g/mol. The van der Waals surface area contributed by atoms with Gasteiger partial charge < -0.3 is 10.6 Å². The predicted octanol–water partition coefficient (Wildman–Crippen LogP) is 3.45. The molecule has 0 radical (unpaired) electrons. The highest BCUT2D eigenvalue weighted by atomic mass is 32.2. The van der Waals surface area contributed by atoms with Crippen LogP contribution in [0, 0.1) is 5.82 Å². The average Bonchev–Trinajstić information content (AvgIpc) is 2.62. The van der Waals surface area contributed by atoms with Gasteiger partial charge in [0.05, 0.1) is 21.1 Å². The lowest BCUT2D eigenvalue weighted by molar-refractivity contribution is -0.116. The summed E-state index contributed by atoms with van der Waals surface area (Å²) < 4.78 is 38.9. The lowest BCUT2D eigenvalue weighted by Crippen LogP contribution is -2.27. The normalized spacial score (nSPS) is 17.4. The van der Waals surface area contributed by atoms with Crippen molar-refractivity contribution in [3.8, 4) is 0 Å². The molecule has 0 spiro atoms. The van der Waals surface area contributed by atoms with Crippen LogP contribution < -0.4 is 10.6 Å². The summed E-state index contributed by atoms with van der Waals surface area (Å²) in [5.74, 6) is -1.21. The fourth-order valence-corrected chi connectivity index (χ4v) is 5.05. The van der Waals surface area contributed by atoms with Crippen LogP contribution in [0.3, 0.4) is 0 Å². The third kappa shape index (κ3) is 4.36. The van der Waals surface area contributed by atoms with E-state index in [1.54, 1.807) is 13.0 Å². The summed E-state index contributed by atoms with van der Waals surface area (Å²) in [6, 6.07) is 9.92. The van der Waals surface area contributed by atoms with Gasteiger partial charge in [-0.2, -0.15) is 0 Å². The van der Waals surface area contributed by atoms with Crippen molar-refractivity contribution >= 4 is 44.8 Å². The number of rotatable bonds is 5. The molecule has 6 nitrogen and oxygen atoms in total. The molecule has 1 aliphatic rings. The Morgan fingerprint density at radius 1 is 1.29 bits per heavy atom. The zero-order chi connectivity index (χ0) is 20.5. The number of nitrogens with one attached hydrogen (secondary N) is 2. The van der Waals surface area contributed by atoms with Crippen LogP contribution in [0.15, 0.2) is 52.3 Å². The molecule has 148 valence electrons. The molecular formula is C19H19FN2O4S2. The molecule has 9 heteroatoms. The van der Waals surface area contributed by atoms with Crippen molar-refractivity contribution in [3.05, 3.63) is 48.3 Å². The van der Waals surface area contributed by atoms with Gasteiger partial charge in [-0.15, -0.1) is 11.8 Å². The van der Waals surface area contributed by atoms with E-state index in [0.717, 1.165) is 11.0 Å². The molecule has 0 aliphatic carbocycles. The Labute approximate surface area is 166 Å². The van der Waals surface area contributed by atoms with E-state index < -0.39 is 26.8 Å². The summed E-state index contributed by atoms with van der Waals surface area (Å²) >= 11 is 1.36. The molecule has 2 amide bonds. The maximum absolute atomic E-state index is 13.2. The van der Waals surface area contributed by atoms with Gasteiger partial charge in [0, 0.05) is 17.0 Å². The highest BCUT2D eigenvalue weighted by molar-refractivity contribution is 8.01. The van der Waals surface area contributed by atoms with Crippen LogP contribution in [0.25, 0.3) is 0 Å². The predicted molar refractivity (Wildman–Crippen MR) is 107 cm³/mol. The van der Waals surface area contributed by atoms with Crippen molar-refractivity contribution in [1.29, 1.82) is 0 Å². The zero-order valence-electron chi connectivity index (χ0n) is 15.2. The first-order chi connectivity index (χ1) is 13.2. The summed E-state index contributed by atoms with van der Waals surface area (Å²) in [4.78, 5) is 24.8. The number of hydrogen-bond acceptors (Lipinski definition) is 5. The Morgan fingerprint density at radius 2 is 2.04 bits per heavy atom. The van der Waals surface area contributed by atoms with Gasteiger partial charge in [-0.25, -0.2) is 12.8 Å². The molecule has 0 saturated heterocycles. The lowest BCUT2D eigenvalue weighted by Gasteiger charge is -2.22. The van der Waals surface area contributed by atoms with E-state index in [1.165, 1.54) is 49.0 Å². The van der Waals surface area contributed by atoms with Crippen molar-refractivity contribution in [2.24, 2.45) is 0 Å². The molecule has 2 N–H and O–H groups in total. The van der Waals surface area contributed by atoms with Gasteiger partial charge in [0.2, 0.25) is 11.8 Å². The number of carbonyl (C=O) groups excluding carboxylic acids is 2. The molecule has 28 heavy (non-hydrogen) atoms. The van der Waals surface area contributed by atoms with E-state index >= 15 is 0 Å². The van der Waals surface area contributed by atoms with Gasteiger partial charge in [0.1, 0.15) is 5.82 Å². The van der Waals surface area contributed by atoms with E-state index in [9.17, 15) is 22.4 Å². The van der Waals surface area contributed by atoms with Gasteiger partial charge in [-0.05, 0) is 50.2 Å². The maximum atomic E-state index is 13.2. The second kappa shape index (κ2) is 7.92. The number of halogens is 1. The van der Waals surface area contributed by atoms with Crippen LogP contribution in [0.5, 0.6) is 0 Å². The van der Waals surface area contributed by atoms with Crippen molar-refractivity contribution in [3.63, 3.8) is 0 Å². The third-order valence-corrected chi connectivity index (χ3v) is 7.64. The van der Waals surface area contributed by atoms with Crippen LogP contribution in [-0.2, 0) is 19.4 Å². The van der Waals surface area contributed by atoms with Crippen molar-refractivity contribution < 1.29 is 22.4 Å². The van der Waals surface area contributed by atoms with Crippen molar-refractivity contribution in [2.75, 3.05) is 10.6 Å². The molecule has 1 heterocycles. The number of anilines is 2. The minimum atomic E-state index is -3.79. The molecule has 1 aliphatic heterocycles. The summed E-state index contributed by atoms with van der Waals surface area (Å²) in [7, 11) is -3.79. The first-order valence-electron chi connectivity index (χ1n) is 8.57. The molecule has 2 atom stereocenters. The Bertz CT molecular complexity index is 1040. The van der Waals surface area contributed by atoms with Gasteiger partial charge in [0.15, 0.2) is 9.84 Å². The van der Waals surface area contributed by atoms with E-state index in [1.807, 2.05) is 0 Å². The standard InChI is InChI=1S/C19H19FN2O4S2/c1-11(8-18(23)21-14-5-3-4-13(20)9-14)28(25,26)15-6-7-17-16(10-15)22-19(24)12(2)27-17/h3-7,9-12H,8H2,1-2H3,(H,21,23)(H,22,24)/t11-,12-/m0/s1.